The van der Waals surface area contributed by atoms with Crippen LogP contribution in [0.15, 0.2) is 53.9 Å². The molecule has 0 aliphatic carbocycles. The highest BCUT2D eigenvalue weighted by atomic mass is 16.6. The van der Waals surface area contributed by atoms with Crippen LogP contribution in [0.4, 0.5) is 11.4 Å². The van der Waals surface area contributed by atoms with Gasteiger partial charge in [0.25, 0.3) is 11.6 Å². The lowest BCUT2D eigenvalue weighted by Gasteiger charge is -2.17. The minimum Gasteiger partial charge on any atom is -0.366 e. The minimum atomic E-state index is -0.381. The molecule has 0 radical (unpaired) electrons. The Bertz CT molecular complexity index is 1080. The lowest BCUT2D eigenvalue weighted by Crippen LogP contribution is -2.22. The molecule has 0 spiro atoms. The standard InChI is InChI=1S/C20H20N6O3/c27-20(13-25-14-21-16-5-1-2-6-17(16)25)23-22-12-15-7-8-18(19(11-15)26(28)29)24-9-3-4-10-24/h1-2,5-8,11-12,14H,3-4,9-10,13H2,(H,23,27)/b22-12+. The van der Waals surface area contributed by atoms with E-state index in [0.717, 1.165) is 37.0 Å². The number of imidazole rings is 1. The molecule has 9 heteroatoms. The van der Waals surface area contributed by atoms with Crippen molar-refractivity contribution in [3.63, 3.8) is 0 Å². The summed E-state index contributed by atoms with van der Waals surface area (Å²) >= 11 is 0. The molecule has 148 valence electrons. The highest BCUT2D eigenvalue weighted by molar-refractivity contribution is 5.85. The number of hydrogen-bond donors (Lipinski definition) is 1. The van der Waals surface area contributed by atoms with Crippen LogP contribution in [0.2, 0.25) is 0 Å². The molecule has 2 heterocycles. The minimum absolute atomic E-state index is 0.0482. The fraction of sp³-hybridized carbons (Fsp3) is 0.250. The summed E-state index contributed by atoms with van der Waals surface area (Å²) in [7, 11) is 0. The van der Waals surface area contributed by atoms with Crippen LogP contribution in [0, 0.1) is 10.1 Å². The third-order valence-corrected chi connectivity index (χ3v) is 4.89. The monoisotopic (exact) mass is 392 g/mol. The first-order valence-electron chi connectivity index (χ1n) is 9.37. The van der Waals surface area contributed by atoms with Crippen molar-refractivity contribution in [3.05, 3.63) is 64.5 Å². The van der Waals surface area contributed by atoms with Crippen molar-refractivity contribution < 1.29 is 9.72 Å². The molecule has 29 heavy (non-hydrogen) atoms. The molecule has 1 amide bonds. The zero-order chi connectivity index (χ0) is 20.2. The molecular formula is C20H20N6O3. The molecule has 9 nitrogen and oxygen atoms in total. The highest BCUT2D eigenvalue weighted by Gasteiger charge is 2.22. The molecule has 0 saturated carbocycles. The van der Waals surface area contributed by atoms with Gasteiger partial charge in [0.15, 0.2) is 0 Å². The maximum atomic E-state index is 12.2. The predicted molar refractivity (Wildman–Crippen MR) is 110 cm³/mol. The van der Waals surface area contributed by atoms with E-state index in [0.29, 0.717) is 11.3 Å². The first-order chi connectivity index (χ1) is 14.1. The number of anilines is 1. The number of para-hydroxylation sites is 2. The molecule has 1 aromatic heterocycles. The summed E-state index contributed by atoms with van der Waals surface area (Å²) in [6.45, 7) is 1.73. The Morgan fingerprint density at radius 2 is 2.03 bits per heavy atom. The van der Waals surface area contributed by atoms with E-state index < -0.39 is 0 Å². The number of benzene rings is 2. The Kier molecular flexibility index (Phi) is 5.19. The van der Waals surface area contributed by atoms with Crippen molar-refractivity contribution in [1.82, 2.24) is 15.0 Å². The van der Waals surface area contributed by atoms with Crippen LogP contribution in [0.3, 0.4) is 0 Å². The van der Waals surface area contributed by atoms with Crippen molar-refractivity contribution in [2.45, 2.75) is 19.4 Å². The molecule has 1 saturated heterocycles. The molecule has 0 atom stereocenters. The Morgan fingerprint density at radius 3 is 2.83 bits per heavy atom. The molecular weight excluding hydrogens is 372 g/mol. The number of carbonyl (C=O) groups is 1. The van der Waals surface area contributed by atoms with Crippen molar-refractivity contribution in [3.8, 4) is 0 Å². The van der Waals surface area contributed by atoms with Gasteiger partial charge in [0.1, 0.15) is 12.2 Å². The van der Waals surface area contributed by atoms with Crippen LogP contribution in [-0.2, 0) is 11.3 Å². The van der Waals surface area contributed by atoms with Gasteiger partial charge in [-0.2, -0.15) is 5.10 Å². The number of rotatable bonds is 6. The Labute approximate surface area is 166 Å². The van der Waals surface area contributed by atoms with Crippen LogP contribution < -0.4 is 10.3 Å². The Morgan fingerprint density at radius 1 is 1.24 bits per heavy atom. The number of nitrogens with zero attached hydrogens (tertiary/aromatic N) is 5. The van der Waals surface area contributed by atoms with Gasteiger partial charge in [-0.25, -0.2) is 10.4 Å². The molecule has 1 N–H and O–H groups in total. The zero-order valence-electron chi connectivity index (χ0n) is 15.7. The normalized spacial score (nSPS) is 14.0. The van der Waals surface area contributed by atoms with Crippen molar-refractivity contribution in [1.29, 1.82) is 0 Å². The first kappa shape index (κ1) is 18.6. The van der Waals surface area contributed by atoms with E-state index in [9.17, 15) is 14.9 Å². The lowest BCUT2D eigenvalue weighted by atomic mass is 10.1. The summed E-state index contributed by atoms with van der Waals surface area (Å²) in [6.07, 6.45) is 5.09. The fourth-order valence-electron chi connectivity index (χ4n) is 3.50. The van der Waals surface area contributed by atoms with Crippen LogP contribution in [0.25, 0.3) is 11.0 Å². The van der Waals surface area contributed by atoms with Crippen LogP contribution in [0.5, 0.6) is 0 Å². The Balaban J connectivity index is 1.42. The van der Waals surface area contributed by atoms with Crippen molar-refractivity contribution >= 4 is 34.5 Å². The number of amides is 1. The van der Waals surface area contributed by atoms with Crippen LogP contribution in [0.1, 0.15) is 18.4 Å². The zero-order valence-corrected chi connectivity index (χ0v) is 15.7. The number of fused-ring (bicyclic) bond motifs is 1. The van der Waals surface area contributed by atoms with Gasteiger partial charge in [0.05, 0.1) is 28.5 Å². The smallest absolute Gasteiger partial charge is 0.293 e. The van der Waals surface area contributed by atoms with Crippen LogP contribution in [-0.4, -0.2) is 39.7 Å². The molecule has 1 aliphatic heterocycles. The van der Waals surface area contributed by atoms with E-state index in [1.54, 1.807) is 23.0 Å². The van der Waals surface area contributed by atoms with Gasteiger partial charge in [-0.05, 0) is 31.0 Å². The van der Waals surface area contributed by atoms with Gasteiger partial charge < -0.3 is 9.47 Å². The molecule has 3 aromatic rings. The largest absolute Gasteiger partial charge is 0.366 e. The molecule has 1 aliphatic rings. The average Bonchev–Trinajstić information content (AvgIpc) is 3.39. The second kappa shape index (κ2) is 8.09. The Hall–Kier alpha value is -3.75. The molecule has 0 unspecified atom stereocenters. The van der Waals surface area contributed by atoms with Gasteiger partial charge >= 0.3 is 0 Å². The van der Waals surface area contributed by atoms with Crippen molar-refractivity contribution in [2.75, 3.05) is 18.0 Å². The van der Waals surface area contributed by atoms with Gasteiger partial charge in [0.2, 0.25) is 0 Å². The van der Waals surface area contributed by atoms with Crippen molar-refractivity contribution in [2.24, 2.45) is 5.10 Å². The summed E-state index contributed by atoms with van der Waals surface area (Å²) in [6, 6.07) is 12.5. The van der Waals surface area contributed by atoms with E-state index in [1.165, 1.54) is 12.3 Å². The maximum Gasteiger partial charge on any atom is 0.293 e. The first-order valence-corrected chi connectivity index (χ1v) is 9.37. The quantitative estimate of drug-likeness (QED) is 0.394. The summed E-state index contributed by atoms with van der Waals surface area (Å²) < 4.78 is 1.73. The summed E-state index contributed by atoms with van der Waals surface area (Å²) in [4.78, 5) is 29.5. The molecule has 0 bridgehead atoms. The molecule has 1 fully saturated rings. The topological polar surface area (TPSA) is 106 Å². The fourth-order valence-corrected chi connectivity index (χ4v) is 3.50. The summed E-state index contributed by atoms with van der Waals surface area (Å²) in [5.74, 6) is -0.312. The number of nitro groups is 1. The predicted octanol–water partition coefficient (Wildman–Crippen LogP) is 2.70. The molecule has 2 aromatic carbocycles. The summed E-state index contributed by atoms with van der Waals surface area (Å²) in [5, 5.41) is 15.4. The number of aromatic nitrogens is 2. The lowest BCUT2D eigenvalue weighted by molar-refractivity contribution is -0.384. The maximum absolute atomic E-state index is 12.2. The molecule has 4 rings (SSSR count). The third-order valence-electron chi connectivity index (χ3n) is 4.89. The number of nitrogens with one attached hydrogen (secondary N) is 1. The highest BCUT2D eigenvalue weighted by Crippen LogP contribution is 2.31. The van der Waals surface area contributed by atoms with Gasteiger partial charge in [-0.1, -0.05) is 18.2 Å². The number of carbonyl (C=O) groups excluding carboxylic acids is 1. The second-order valence-corrected chi connectivity index (χ2v) is 6.85. The van der Waals surface area contributed by atoms with E-state index >= 15 is 0 Å². The third kappa shape index (κ3) is 4.08. The van der Waals surface area contributed by atoms with E-state index in [2.05, 4.69) is 15.5 Å². The summed E-state index contributed by atoms with van der Waals surface area (Å²) in [5.41, 5.74) is 5.35. The van der Waals surface area contributed by atoms with Gasteiger partial charge in [-0.15, -0.1) is 0 Å². The van der Waals surface area contributed by atoms with Gasteiger partial charge in [0, 0.05) is 24.7 Å². The second-order valence-electron chi connectivity index (χ2n) is 6.85. The van der Waals surface area contributed by atoms with Crippen LogP contribution >= 0.6 is 0 Å². The average molecular weight is 392 g/mol. The number of nitro benzene ring substituents is 1. The van der Waals surface area contributed by atoms with E-state index in [1.807, 2.05) is 29.2 Å². The van der Waals surface area contributed by atoms with E-state index in [4.69, 9.17) is 0 Å². The van der Waals surface area contributed by atoms with Gasteiger partial charge in [-0.3, -0.25) is 14.9 Å². The number of hydrazone groups is 1. The SMILES string of the molecule is O=C(Cn1cnc2ccccc21)N/N=C/c1ccc(N2CCCC2)c([N+](=O)[O-])c1. The van der Waals surface area contributed by atoms with E-state index in [-0.39, 0.29) is 23.1 Å². The number of hydrogen-bond acceptors (Lipinski definition) is 6.